The molecule has 9 heteroatoms. The van der Waals surface area contributed by atoms with Crippen LogP contribution in [-0.2, 0) is 0 Å². The molecule has 27 heavy (non-hydrogen) atoms. The number of aromatic nitrogens is 3. The number of nitrogens with zero attached hydrogens (tertiary/aromatic N) is 4. The Morgan fingerprint density at radius 3 is 2.63 bits per heavy atom. The van der Waals surface area contributed by atoms with E-state index in [2.05, 4.69) is 25.8 Å². The summed E-state index contributed by atoms with van der Waals surface area (Å²) in [5.74, 6) is 0.237. The average Bonchev–Trinajstić information content (AvgIpc) is 2.59. The number of nitro groups is 1. The number of hydrazine groups is 1. The van der Waals surface area contributed by atoms with Gasteiger partial charge >= 0.3 is 11.6 Å². The number of rotatable bonds is 5. The average molecular weight is 368 g/mol. The SMILES string of the molecule is Cc1ccc2cccc(Oc3ncnc(NNC(C)(C)C)c3[N+](=O)[O-])c2n1. The second-order valence-corrected chi connectivity index (χ2v) is 7.02. The summed E-state index contributed by atoms with van der Waals surface area (Å²) in [7, 11) is 0. The Bertz CT molecular complexity index is 1000. The first-order valence-corrected chi connectivity index (χ1v) is 8.31. The maximum absolute atomic E-state index is 11.6. The number of aryl methyl sites for hydroxylation is 1. The molecule has 0 bridgehead atoms. The van der Waals surface area contributed by atoms with E-state index in [1.807, 2.05) is 45.9 Å². The lowest BCUT2D eigenvalue weighted by Gasteiger charge is -2.21. The Labute approximate surface area is 155 Å². The minimum Gasteiger partial charge on any atom is -0.431 e. The lowest BCUT2D eigenvalue weighted by molar-refractivity contribution is -0.385. The molecule has 0 saturated heterocycles. The topological polar surface area (TPSA) is 115 Å². The summed E-state index contributed by atoms with van der Waals surface area (Å²) in [5, 5.41) is 12.5. The summed E-state index contributed by atoms with van der Waals surface area (Å²) in [6.45, 7) is 7.60. The number of hydrogen-bond acceptors (Lipinski definition) is 8. The molecule has 9 nitrogen and oxygen atoms in total. The molecule has 3 aromatic rings. The molecule has 0 aliphatic carbocycles. The molecule has 2 N–H and O–H groups in total. The first-order chi connectivity index (χ1) is 12.7. The second kappa shape index (κ2) is 7.12. The van der Waals surface area contributed by atoms with Crippen LogP contribution in [-0.4, -0.2) is 25.4 Å². The zero-order chi connectivity index (χ0) is 19.6. The van der Waals surface area contributed by atoms with Crippen molar-refractivity contribution in [2.45, 2.75) is 33.2 Å². The summed E-state index contributed by atoms with van der Waals surface area (Å²) < 4.78 is 5.79. The molecule has 0 unspecified atom stereocenters. The van der Waals surface area contributed by atoms with Gasteiger partial charge < -0.3 is 4.74 Å². The zero-order valence-corrected chi connectivity index (χ0v) is 15.5. The fraction of sp³-hybridized carbons (Fsp3) is 0.278. The van der Waals surface area contributed by atoms with Crippen molar-refractivity contribution < 1.29 is 9.66 Å². The Balaban J connectivity index is 2.03. The van der Waals surface area contributed by atoms with Crippen molar-refractivity contribution in [2.24, 2.45) is 0 Å². The predicted octanol–water partition coefficient (Wildman–Crippen LogP) is 3.75. The van der Waals surface area contributed by atoms with Crippen LogP contribution in [0, 0.1) is 17.0 Å². The van der Waals surface area contributed by atoms with Gasteiger partial charge in [-0.2, -0.15) is 4.98 Å². The summed E-state index contributed by atoms with van der Waals surface area (Å²) in [4.78, 5) is 23.4. The fourth-order valence-corrected chi connectivity index (χ4v) is 2.34. The summed E-state index contributed by atoms with van der Waals surface area (Å²) >= 11 is 0. The van der Waals surface area contributed by atoms with E-state index >= 15 is 0 Å². The Hall–Kier alpha value is -3.33. The molecule has 0 spiro atoms. The zero-order valence-electron chi connectivity index (χ0n) is 15.5. The number of fused-ring (bicyclic) bond motifs is 1. The Morgan fingerprint density at radius 1 is 1.15 bits per heavy atom. The number of pyridine rings is 1. The molecule has 3 rings (SSSR count). The van der Waals surface area contributed by atoms with Gasteiger partial charge in [0.2, 0.25) is 5.82 Å². The minimum atomic E-state index is -0.578. The van der Waals surface area contributed by atoms with Crippen molar-refractivity contribution in [3.63, 3.8) is 0 Å². The van der Waals surface area contributed by atoms with Gasteiger partial charge in [0.25, 0.3) is 0 Å². The molecule has 0 radical (unpaired) electrons. The van der Waals surface area contributed by atoms with E-state index in [0.717, 1.165) is 11.1 Å². The van der Waals surface area contributed by atoms with Crippen molar-refractivity contribution in [1.29, 1.82) is 0 Å². The Morgan fingerprint density at radius 2 is 1.93 bits per heavy atom. The van der Waals surface area contributed by atoms with Crippen LogP contribution in [0.15, 0.2) is 36.7 Å². The number of nitrogens with one attached hydrogen (secondary N) is 2. The highest BCUT2D eigenvalue weighted by molar-refractivity contribution is 5.85. The van der Waals surface area contributed by atoms with Crippen molar-refractivity contribution in [3.8, 4) is 11.6 Å². The lowest BCUT2D eigenvalue weighted by Crippen LogP contribution is -2.40. The fourth-order valence-electron chi connectivity index (χ4n) is 2.34. The highest BCUT2D eigenvalue weighted by Crippen LogP contribution is 2.36. The van der Waals surface area contributed by atoms with E-state index in [9.17, 15) is 10.1 Å². The van der Waals surface area contributed by atoms with Gasteiger partial charge in [0.1, 0.15) is 11.8 Å². The van der Waals surface area contributed by atoms with Crippen molar-refractivity contribution >= 4 is 22.4 Å². The van der Waals surface area contributed by atoms with Crippen LogP contribution in [0.4, 0.5) is 11.5 Å². The Kier molecular flexibility index (Phi) is 4.87. The van der Waals surface area contributed by atoms with E-state index < -0.39 is 4.92 Å². The van der Waals surface area contributed by atoms with Crippen molar-refractivity contribution in [3.05, 3.63) is 52.5 Å². The molecular weight excluding hydrogens is 348 g/mol. The van der Waals surface area contributed by atoms with Gasteiger partial charge in [0, 0.05) is 16.6 Å². The minimum absolute atomic E-state index is 0.0179. The van der Waals surface area contributed by atoms with Gasteiger partial charge in [-0.3, -0.25) is 15.5 Å². The van der Waals surface area contributed by atoms with Gasteiger partial charge in [-0.15, -0.1) is 0 Å². The first kappa shape index (κ1) is 18.5. The van der Waals surface area contributed by atoms with Crippen LogP contribution in [0.1, 0.15) is 26.5 Å². The monoisotopic (exact) mass is 368 g/mol. The first-order valence-electron chi connectivity index (χ1n) is 8.31. The normalized spacial score (nSPS) is 11.4. The third-order valence-electron chi connectivity index (χ3n) is 3.56. The number of para-hydroxylation sites is 1. The predicted molar refractivity (Wildman–Crippen MR) is 102 cm³/mol. The molecule has 140 valence electrons. The van der Waals surface area contributed by atoms with Crippen LogP contribution in [0.2, 0.25) is 0 Å². The largest absolute Gasteiger partial charge is 0.431 e. The smallest absolute Gasteiger partial charge is 0.374 e. The standard InChI is InChI=1S/C18H20N6O3/c1-11-8-9-12-6-5-7-13(14(12)21-11)27-17-15(24(25)26)16(19-10-20-17)22-23-18(2,3)4/h5-10,23H,1-4H3,(H,19,20,22). The molecule has 0 atom stereocenters. The van der Waals surface area contributed by atoms with Crippen LogP contribution in [0.3, 0.4) is 0 Å². The lowest BCUT2D eigenvalue weighted by atomic mass is 10.1. The number of ether oxygens (including phenoxy) is 1. The van der Waals surface area contributed by atoms with E-state index in [1.54, 1.807) is 12.1 Å². The molecule has 2 aromatic heterocycles. The van der Waals surface area contributed by atoms with Gasteiger partial charge in [0.15, 0.2) is 5.75 Å². The van der Waals surface area contributed by atoms with Crippen molar-refractivity contribution in [1.82, 2.24) is 20.4 Å². The molecule has 1 aromatic carbocycles. The maximum atomic E-state index is 11.6. The van der Waals surface area contributed by atoms with Gasteiger partial charge in [-0.1, -0.05) is 18.2 Å². The number of benzene rings is 1. The molecule has 2 heterocycles. The van der Waals surface area contributed by atoms with Crippen LogP contribution < -0.4 is 15.6 Å². The molecule has 0 aliphatic heterocycles. The highest BCUT2D eigenvalue weighted by atomic mass is 16.6. The number of anilines is 1. The number of hydrogen-bond donors (Lipinski definition) is 2. The van der Waals surface area contributed by atoms with E-state index in [-0.39, 0.29) is 22.9 Å². The quantitative estimate of drug-likeness (QED) is 0.517. The summed E-state index contributed by atoms with van der Waals surface area (Å²) in [6, 6.07) is 9.19. The maximum Gasteiger partial charge on any atom is 0.374 e. The van der Waals surface area contributed by atoms with Crippen LogP contribution in [0.5, 0.6) is 11.6 Å². The van der Waals surface area contributed by atoms with Gasteiger partial charge in [-0.25, -0.2) is 15.4 Å². The van der Waals surface area contributed by atoms with Gasteiger partial charge in [-0.05, 0) is 39.8 Å². The van der Waals surface area contributed by atoms with Crippen molar-refractivity contribution in [2.75, 3.05) is 5.43 Å². The van der Waals surface area contributed by atoms with E-state index in [4.69, 9.17) is 4.74 Å². The molecule has 0 saturated carbocycles. The molecular formula is C18H20N6O3. The molecule has 0 fully saturated rings. The van der Waals surface area contributed by atoms with Gasteiger partial charge in [0.05, 0.1) is 4.92 Å². The summed E-state index contributed by atoms with van der Waals surface area (Å²) in [5.41, 5.74) is 6.45. The third-order valence-corrected chi connectivity index (χ3v) is 3.56. The van der Waals surface area contributed by atoms with E-state index in [1.165, 1.54) is 6.33 Å². The third kappa shape index (κ3) is 4.26. The second-order valence-electron chi connectivity index (χ2n) is 7.02. The summed E-state index contributed by atoms with van der Waals surface area (Å²) in [6.07, 6.45) is 1.21. The molecule has 0 amide bonds. The van der Waals surface area contributed by atoms with E-state index in [0.29, 0.717) is 11.3 Å². The molecule has 0 aliphatic rings. The van der Waals surface area contributed by atoms with Crippen LogP contribution in [0.25, 0.3) is 10.9 Å². The van der Waals surface area contributed by atoms with Crippen LogP contribution >= 0.6 is 0 Å². The highest BCUT2D eigenvalue weighted by Gasteiger charge is 2.26.